The van der Waals surface area contributed by atoms with E-state index < -0.39 is 23.9 Å². The molecule has 0 spiro atoms. The minimum absolute atomic E-state index is 0.0637. The molecule has 0 saturated carbocycles. The lowest BCUT2D eigenvalue weighted by Gasteiger charge is -2.26. The van der Waals surface area contributed by atoms with Crippen LogP contribution in [0.25, 0.3) is 0 Å². The number of aromatic nitrogens is 4. The second kappa shape index (κ2) is 10.7. The van der Waals surface area contributed by atoms with Gasteiger partial charge in [0.2, 0.25) is 23.6 Å². The molecule has 12 heteroatoms. The summed E-state index contributed by atoms with van der Waals surface area (Å²) in [7, 11) is 0. The summed E-state index contributed by atoms with van der Waals surface area (Å²) in [6.45, 7) is 4.86. The number of hydrogen-bond acceptors (Lipinski definition) is 7. The van der Waals surface area contributed by atoms with Crippen molar-refractivity contribution in [1.29, 1.82) is 0 Å². The lowest BCUT2D eigenvalue weighted by molar-refractivity contribution is -0.131. The molecule has 33 heavy (non-hydrogen) atoms. The first-order chi connectivity index (χ1) is 15.8. The molecular formula is C21H28N8O4. The number of tetrazole rings is 1. The SMILES string of the molecule is CC[C@H](C)[C@H](NC(C)=O)C(=O)NCC(=O)N1c2ccccc2C[C@H]1C(=O)NCc1nn[nH]n1. The number of carbonyl (C=O) groups excluding carboxylic acids is 4. The molecule has 1 aromatic heterocycles. The van der Waals surface area contributed by atoms with Gasteiger partial charge in [-0.3, -0.25) is 24.1 Å². The molecule has 4 N–H and O–H groups in total. The quantitative estimate of drug-likeness (QED) is 0.393. The highest BCUT2D eigenvalue weighted by Crippen LogP contribution is 2.32. The molecule has 1 aromatic carbocycles. The minimum atomic E-state index is -0.778. The van der Waals surface area contributed by atoms with E-state index in [1.165, 1.54) is 11.8 Å². The molecule has 3 rings (SSSR count). The fraction of sp³-hybridized carbons (Fsp3) is 0.476. The topological polar surface area (TPSA) is 162 Å². The maximum atomic E-state index is 13.1. The predicted molar refractivity (Wildman–Crippen MR) is 118 cm³/mol. The number of hydrogen-bond donors (Lipinski definition) is 4. The first kappa shape index (κ1) is 23.8. The number of nitrogens with zero attached hydrogens (tertiary/aromatic N) is 4. The molecule has 2 heterocycles. The number of rotatable bonds is 9. The van der Waals surface area contributed by atoms with Crippen LogP contribution < -0.4 is 20.9 Å². The van der Waals surface area contributed by atoms with Gasteiger partial charge in [-0.2, -0.15) is 5.21 Å². The zero-order valence-corrected chi connectivity index (χ0v) is 18.8. The van der Waals surface area contributed by atoms with E-state index in [1.54, 1.807) is 12.1 Å². The van der Waals surface area contributed by atoms with E-state index in [-0.39, 0.29) is 30.8 Å². The zero-order chi connectivity index (χ0) is 24.0. The van der Waals surface area contributed by atoms with Crippen molar-refractivity contribution in [3.05, 3.63) is 35.7 Å². The highest BCUT2D eigenvalue weighted by molar-refractivity contribution is 6.05. The van der Waals surface area contributed by atoms with Crippen LogP contribution in [0, 0.1) is 5.92 Å². The van der Waals surface area contributed by atoms with Crippen LogP contribution in [0.15, 0.2) is 24.3 Å². The normalized spacial score (nSPS) is 16.5. The molecule has 2 aromatic rings. The van der Waals surface area contributed by atoms with Crippen LogP contribution in [-0.4, -0.2) is 62.9 Å². The Morgan fingerprint density at radius 2 is 1.97 bits per heavy atom. The maximum absolute atomic E-state index is 13.1. The van der Waals surface area contributed by atoms with Gasteiger partial charge in [0.05, 0.1) is 13.1 Å². The fourth-order valence-corrected chi connectivity index (χ4v) is 3.72. The highest BCUT2D eigenvalue weighted by atomic mass is 16.2. The van der Waals surface area contributed by atoms with Gasteiger partial charge in [0, 0.05) is 19.0 Å². The van der Waals surface area contributed by atoms with Crippen molar-refractivity contribution < 1.29 is 19.2 Å². The molecule has 12 nitrogen and oxygen atoms in total. The van der Waals surface area contributed by atoms with Crippen molar-refractivity contribution in [2.45, 2.75) is 52.2 Å². The van der Waals surface area contributed by atoms with Crippen molar-refractivity contribution >= 4 is 29.3 Å². The molecule has 3 atom stereocenters. The molecule has 176 valence electrons. The van der Waals surface area contributed by atoms with E-state index in [2.05, 4.69) is 36.6 Å². The number of H-pyrrole nitrogens is 1. The standard InChI is InChI=1S/C21H28N8O4/c1-4-12(2)19(24-13(3)30)21(33)23-11-18(31)29-15-8-6-5-7-14(15)9-16(29)20(32)22-10-17-25-27-28-26-17/h5-8,12,16,19H,4,9-11H2,1-3H3,(H,22,32)(H,23,33)(H,24,30)(H,25,26,27,28)/t12-,16-,19-/m0/s1. The summed E-state index contributed by atoms with van der Waals surface area (Å²) in [6.07, 6.45) is 1.02. The Morgan fingerprint density at radius 3 is 2.64 bits per heavy atom. The third kappa shape index (κ3) is 5.70. The van der Waals surface area contributed by atoms with Gasteiger partial charge in [-0.1, -0.05) is 43.7 Å². The Labute approximate surface area is 190 Å². The van der Waals surface area contributed by atoms with Gasteiger partial charge in [0.1, 0.15) is 12.1 Å². The van der Waals surface area contributed by atoms with Crippen LogP contribution >= 0.6 is 0 Å². The molecule has 0 radical (unpaired) electrons. The summed E-state index contributed by atoms with van der Waals surface area (Å²) in [5.41, 5.74) is 1.48. The molecule has 0 aliphatic carbocycles. The van der Waals surface area contributed by atoms with Gasteiger partial charge in [-0.15, -0.1) is 10.2 Å². The summed E-state index contributed by atoms with van der Waals surface area (Å²) in [5.74, 6) is -1.37. The first-order valence-electron chi connectivity index (χ1n) is 10.8. The zero-order valence-electron chi connectivity index (χ0n) is 18.8. The Hall–Kier alpha value is -3.83. The van der Waals surface area contributed by atoms with E-state index >= 15 is 0 Å². The number of fused-ring (bicyclic) bond motifs is 1. The highest BCUT2D eigenvalue weighted by Gasteiger charge is 2.38. The number of aromatic amines is 1. The smallest absolute Gasteiger partial charge is 0.247 e. The second-order valence-electron chi connectivity index (χ2n) is 7.94. The molecule has 1 aliphatic rings. The predicted octanol–water partition coefficient (Wildman–Crippen LogP) is -0.559. The van der Waals surface area contributed by atoms with Crippen LogP contribution in [0.4, 0.5) is 5.69 Å². The number of carbonyl (C=O) groups is 4. The first-order valence-corrected chi connectivity index (χ1v) is 10.8. The van der Waals surface area contributed by atoms with Gasteiger partial charge in [0.25, 0.3) is 0 Å². The molecular weight excluding hydrogens is 428 g/mol. The fourth-order valence-electron chi connectivity index (χ4n) is 3.72. The molecule has 0 bridgehead atoms. The molecule has 1 aliphatic heterocycles. The van der Waals surface area contributed by atoms with Crippen molar-refractivity contribution in [1.82, 2.24) is 36.6 Å². The van der Waals surface area contributed by atoms with Gasteiger partial charge >= 0.3 is 0 Å². The van der Waals surface area contributed by atoms with Crippen LogP contribution in [0.1, 0.15) is 38.6 Å². The van der Waals surface area contributed by atoms with Gasteiger partial charge < -0.3 is 16.0 Å². The van der Waals surface area contributed by atoms with E-state index in [1.807, 2.05) is 26.0 Å². The van der Waals surface area contributed by atoms with Crippen molar-refractivity contribution in [2.75, 3.05) is 11.4 Å². The maximum Gasteiger partial charge on any atom is 0.247 e. The van der Waals surface area contributed by atoms with Gasteiger partial charge in [-0.25, -0.2) is 0 Å². The van der Waals surface area contributed by atoms with Crippen LogP contribution in [0.2, 0.25) is 0 Å². The molecule has 0 saturated heterocycles. The van der Waals surface area contributed by atoms with E-state index in [4.69, 9.17) is 0 Å². The molecule has 0 unspecified atom stereocenters. The Bertz CT molecular complexity index is 1010. The van der Waals surface area contributed by atoms with E-state index in [0.29, 0.717) is 24.4 Å². The van der Waals surface area contributed by atoms with E-state index in [9.17, 15) is 19.2 Å². The average Bonchev–Trinajstić information content (AvgIpc) is 3.46. The molecule has 0 fully saturated rings. The van der Waals surface area contributed by atoms with E-state index in [0.717, 1.165) is 5.56 Å². The number of amides is 4. The monoisotopic (exact) mass is 456 g/mol. The lowest BCUT2D eigenvalue weighted by atomic mass is 9.98. The van der Waals surface area contributed by atoms with Crippen molar-refractivity contribution in [2.24, 2.45) is 5.92 Å². The Kier molecular flexibility index (Phi) is 7.70. The summed E-state index contributed by atoms with van der Waals surface area (Å²) < 4.78 is 0. The minimum Gasteiger partial charge on any atom is -0.347 e. The summed E-state index contributed by atoms with van der Waals surface area (Å²) >= 11 is 0. The van der Waals surface area contributed by atoms with Gasteiger partial charge in [0.15, 0.2) is 5.82 Å². The lowest BCUT2D eigenvalue weighted by Crippen LogP contribution is -2.54. The third-order valence-electron chi connectivity index (χ3n) is 5.63. The second-order valence-corrected chi connectivity index (χ2v) is 7.94. The molecule has 4 amide bonds. The van der Waals surface area contributed by atoms with Crippen LogP contribution in [0.3, 0.4) is 0 Å². The number of benzene rings is 1. The average molecular weight is 457 g/mol. The Morgan fingerprint density at radius 1 is 1.21 bits per heavy atom. The summed E-state index contributed by atoms with van der Waals surface area (Å²) in [6, 6.07) is 5.72. The van der Waals surface area contributed by atoms with Crippen LogP contribution in [-0.2, 0) is 32.1 Å². The largest absolute Gasteiger partial charge is 0.347 e. The number of para-hydroxylation sites is 1. The number of anilines is 1. The Balaban J connectivity index is 1.70. The summed E-state index contributed by atoms with van der Waals surface area (Å²) in [4.78, 5) is 51.6. The van der Waals surface area contributed by atoms with Crippen molar-refractivity contribution in [3.8, 4) is 0 Å². The van der Waals surface area contributed by atoms with Gasteiger partial charge in [-0.05, 0) is 17.5 Å². The third-order valence-corrected chi connectivity index (χ3v) is 5.63. The number of nitrogens with one attached hydrogen (secondary N) is 4. The van der Waals surface area contributed by atoms with Crippen LogP contribution in [0.5, 0.6) is 0 Å². The summed E-state index contributed by atoms with van der Waals surface area (Å²) in [5, 5.41) is 21.3. The van der Waals surface area contributed by atoms with Crippen molar-refractivity contribution in [3.63, 3.8) is 0 Å².